The lowest BCUT2D eigenvalue weighted by Crippen LogP contribution is -2.37. The van der Waals surface area contributed by atoms with Crippen molar-refractivity contribution in [3.63, 3.8) is 0 Å². The minimum Gasteiger partial charge on any atom is -0.350 e. The molecule has 2 heterocycles. The standard InChI is InChI=1S/C12H17N3O.2ClH/c1-9-5-10(7-13-6-9)12(16)15-8-11-3-2-4-14-11;;/h5-7,11,14H,2-4,8H2,1H3,(H,15,16);2*1H. The van der Waals surface area contributed by atoms with Gasteiger partial charge in [0.05, 0.1) is 5.56 Å². The maximum absolute atomic E-state index is 11.8. The third-order valence-electron chi connectivity index (χ3n) is 2.81. The van der Waals surface area contributed by atoms with Crippen molar-refractivity contribution < 1.29 is 4.79 Å². The average molecular weight is 292 g/mol. The number of hydrogen-bond donors (Lipinski definition) is 2. The predicted octanol–water partition coefficient (Wildman–Crippen LogP) is 1.72. The topological polar surface area (TPSA) is 54.0 Å². The van der Waals surface area contributed by atoms with E-state index >= 15 is 0 Å². The monoisotopic (exact) mass is 291 g/mol. The van der Waals surface area contributed by atoms with Crippen molar-refractivity contribution in [1.29, 1.82) is 0 Å². The van der Waals surface area contributed by atoms with Gasteiger partial charge in [-0.15, -0.1) is 24.8 Å². The fourth-order valence-electron chi connectivity index (χ4n) is 1.93. The van der Waals surface area contributed by atoms with E-state index in [1.54, 1.807) is 12.4 Å². The van der Waals surface area contributed by atoms with Gasteiger partial charge in [-0.05, 0) is 37.9 Å². The van der Waals surface area contributed by atoms with E-state index in [9.17, 15) is 4.79 Å². The van der Waals surface area contributed by atoms with Gasteiger partial charge in [-0.25, -0.2) is 0 Å². The molecular formula is C12H19Cl2N3O. The van der Waals surface area contributed by atoms with Crippen molar-refractivity contribution in [1.82, 2.24) is 15.6 Å². The number of halogens is 2. The Labute approximate surface area is 120 Å². The zero-order valence-electron chi connectivity index (χ0n) is 10.3. The number of pyridine rings is 1. The molecule has 1 aromatic rings. The van der Waals surface area contributed by atoms with Crippen molar-refractivity contribution >= 4 is 30.7 Å². The lowest BCUT2D eigenvalue weighted by atomic mass is 10.2. The Hall–Kier alpha value is -0.840. The van der Waals surface area contributed by atoms with Crippen LogP contribution in [0.3, 0.4) is 0 Å². The Balaban J connectivity index is 0.00000144. The van der Waals surface area contributed by atoms with E-state index in [2.05, 4.69) is 15.6 Å². The second-order valence-electron chi connectivity index (χ2n) is 4.25. The van der Waals surface area contributed by atoms with Crippen molar-refractivity contribution in [3.05, 3.63) is 29.6 Å². The Morgan fingerprint density at radius 2 is 2.28 bits per heavy atom. The molecule has 0 bridgehead atoms. The van der Waals surface area contributed by atoms with Crippen LogP contribution in [0.1, 0.15) is 28.8 Å². The van der Waals surface area contributed by atoms with Gasteiger partial charge in [0.2, 0.25) is 0 Å². The number of aromatic nitrogens is 1. The van der Waals surface area contributed by atoms with Crippen LogP contribution in [0.25, 0.3) is 0 Å². The molecule has 1 fully saturated rings. The minimum absolute atomic E-state index is 0. The third-order valence-corrected chi connectivity index (χ3v) is 2.81. The highest BCUT2D eigenvalue weighted by Gasteiger charge is 2.15. The van der Waals surface area contributed by atoms with E-state index in [0.29, 0.717) is 18.2 Å². The fraction of sp³-hybridized carbons (Fsp3) is 0.500. The Bertz CT molecular complexity index is 381. The van der Waals surface area contributed by atoms with Crippen LogP contribution in [0.5, 0.6) is 0 Å². The molecule has 0 aromatic carbocycles. The van der Waals surface area contributed by atoms with Crippen LogP contribution in [-0.4, -0.2) is 30.0 Å². The highest BCUT2D eigenvalue weighted by atomic mass is 35.5. The smallest absolute Gasteiger partial charge is 0.252 e. The van der Waals surface area contributed by atoms with Crippen molar-refractivity contribution in [3.8, 4) is 0 Å². The molecule has 1 amide bonds. The molecule has 2 N–H and O–H groups in total. The van der Waals surface area contributed by atoms with E-state index in [4.69, 9.17) is 0 Å². The number of carbonyl (C=O) groups is 1. The summed E-state index contributed by atoms with van der Waals surface area (Å²) in [5, 5.41) is 6.27. The van der Waals surface area contributed by atoms with Gasteiger partial charge in [0, 0.05) is 25.0 Å². The highest BCUT2D eigenvalue weighted by molar-refractivity contribution is 5.94. The number of carbonyl (C=O) groups excluding carboxylic acids is 1. The normalized spacial score (nSPS) is 17.5. The SMILES string of the molecule is Cc1cncc(C(=O)NCC2CCCN2)c1.Cl.Cl. The highest BCUT2D eigenvalue weighted by Crippen LogP contribution is 2.04. The summed E-state index contributed by atoms with van der Waals surface area (Å²) < 4.78 is 0. The van der Waals surface area contributed by atoms with E-state index in [-0.39, 0.29) is 30.7 Å². The predicted molar refractivity (Wildman–Crippen MR) is 76.8 cm³/mol. The summed E-state index contributed by atoms with van der Waals surface area (Å²) in [5.41, 5.74) is 1.64. The van der Waals surface area contributed by atoms with Gasteiger partial charge in [0.1, 0.15) is 0 Å². The van der Waals surface area contributed by atoms with E-state index in [1.807, 2.05) is 13.0 Å². The Kier molecular flexibility index (Phi) is 7.91. The maximum atomic E-state index is 11.8. The molecule has 6 heteroatoms. The van der Waals surface area contributed by atoms with E-state index in [0.717, 1.165) is 18.5 Å². The van der Waals surface area contributed by atoms with Gasteiger partial charge in [-0.2, -0.15) is 0 Å². The minimum atomic E-state index is -0.0371. The second kappa shape index (κ2) is 8.29. The zero-order chi connectivity index (χ0) is 11.4. The first-order valence-corrected chi connectivity index (χ1v) is 5.69. The molecule has 18 heavy (non-hydrogen) atoms. The Morgan fingerprint density at radius 1 is 1.50 bits per heavy atom. The summed E-state index contributed by atoms with van der Waals surface area (Å²) in [5.74, 6) is -0.0371. The molecule has 2 rings (SSSR count). The molecule has 1 atom stereocenters. The molecule has 0 saturated carbocycles. The first-order valence-electron chi connectivity index (χ1n) is 5.69. The molecule has 1 aromatic heterocycles. The van der Waals surface area contributed by atoms with Crippen molar-refractivity contribution in [2.75, 3.05) is 13.1 Å². The molecule has 0 spiro atoms. The summed E-state index contributed by atoms with van der Waals surface area (Å²) in [6.45, 7) is 3.70. The first kappa shape index (κ1) is 17.2. The molecule has 0 aliphatic carbocycles. The van der Waals surface area contributed by atoms with Crippen molar-refractivity contribution in [2.45, 2.75) is 25.8 Å². The molecular weight excluding hydrogens is 273 g/mol. The van der Waals surface area contributed by atoms with Crippen LogP contribution in [0.2, 0.25) is 0 Å². The molecule has 1 aliphatic heterocycles. The molecule has 102 valence electrons. The summed E-state index contributed by atoms with van der Waals surface area (Å²) in [4.78, 5) is 15.8. The lowest BCUT2D eigenvalue weighted by Gasteiger charge is -2.11. The first-order chi connectivity index (χ1) is 7.75. The number of nitrogens with zero attached hydrogens (tertiary/aromatic N) is 1. The third kappa shape index (κ3) is 4.80. The Morgan fingerprint density at radius 3 is 2.89 bits per heavy atom. The van der Waals surface area contributed by atoms with E-state index < -0.39 is 0 Å². The van der Waals surface area contributed by atoms with Crippen LogP contribution in [0.15, 0.2) is 18.5 Å². The van der Waals surface area contributed by atoms with Gasteiger partial charge in [0.15, 0.2) is 0 Å². The molecule has 4 nitrogen and oxygen atoms in total. The van der Waals surface area contributed by atoms with Crippen molar-refractivity contribution in [2.24, 2.45) is 0 Å². The number of hydrogen-bond acceptors (Lipinski definition) is 3. The van der Waals surface area contributed by atoms with Crippen LogP contribution in [0.4, 0.5) is 0 Å². The maximum Gasteiger partial charge on any atom is 0.252 e. The molecule has 0 radical (unpaired) electrons. The summed E-state index contributed by atoms with van der Waals surface area (Å²) in [6.07, 6.45) is 5.69. The number of amides is 1. The fourth-order valence-corrected chi connectivity index (χ4v) is 1.93. The van der Waals surface area contributed by atoms with Crippen LogP contribution >= 0.6 is 24.8 Å². The summed E-state index contributed by atoms with van der Waals surface area (Å²) >= 11 is 0. The zero-order valence-corrected chi connectivity index (χ0v) is 11.9. The number of rotatable bonds is 3. The van der Waals surface area contributed by atoms with Gasteiger partial charge < -0.3 is 10.6 Å². The molecule has 1 aliphatic rings. The lowest BCUT2D eigenvalue weighted by molar-refractivity contribution is 0.0950. The van der Waals surface area contributed by atoms with Gasteiger partial charge in [-0.3, -0.25) is 9.78 Å². The summed E-state index contributed by atoms with van der Waals surface area (Å²) in [6, 6.07) is 2.28. The molecule has 1 saturated heterocycles. The quantitative estimate of drug-likeness (QED) is 0.892. The largest absolute Gasteiger partial charge is 0.350 e. The number of aryl methyl sites for hydroxylation is 1. The second-order valence-corrected chi connectivity index (χ2v) is 4.25. The van der Waals surface area contributed by atoms with Crippen LogP contribution < -0.4 is 10.6 Å². The molecule has 1 unspecified atom stereocenters. The average Bonchev–Trinajstić information content (AvgIpc) is 2.78. The van der Waals surface area contributed by atoms with Gasteiger partial charge >= 0.3 is 0 Å². The van der Waals surface area contributed by atoms with Crippen LogP contribution in [0, 0.1) is 6.92 Å². The van der Waals surface area contributed by atoms with Crippen LogP contribution in [-0.2, 0) is 0 Å². The van der Waals surface area contributed by atoms with Gasteiger partial charge in [0.25, 0.3) is 5.91 Å². The summed E-state index contributed by atoms with van der Waals surface area (Å²) in [7, 11) is 0. The number of nitrogens with one attached hydrogen (secondary N) is 2. The van der Waals surface area contributed by atoms with Gasteiger partial charge in [-0.1, -0.05) is 0 Å². The van der Waals surface area contributed by atoms with E-state index in [1.165, 1.54) is 6.42 Å².